The van der Waals surface area contributed by atoms with Crippen LogP contribution in [-0.4, -0.2) is 66.8 Å². The molecule has 2 fully saturated rings. The fourth-order valence-electron chi connectivity index (χ4n) is 3.96. The summed E-state index contributed by atoms with van der Waals surface area (Å²) in [6.45, 7) is 7.50. The number of rotatable bonds is 6. The van der Waals surface area contributed by atoms with Crippen molar-refractivity contribution in [1.82, 2.24) is 9.80 Å². The first-order valence-electron chi connectivity index (χ1n) is 9.35. The molecule has 1 N–H and O–H groups in total. The van der Waals surface area contributed by atoms with Crippen molar-refractivity contribution in [1.29, 1.82) is 0 Å². The van der Waals surface area contributed by atoms with Crippen LogP contribution >= 0.6 is 0 Å². The smallest absolute Gasteiger partial charge is 0.233 e. The fraction of sp³-hybridized carbons (Fsp3) is 0.650. The van der Waals surface area contributed by atoms with Gasteiger partial charge in [0.2, 0.25) is 5.91 Å². The minimum atomic E-state index is -0.343. The summed E-state index contributed by atoms with van der Waals surface area (Å²) in [7, 11) is 1.68. The number of aliphatic hydroxyl groups excluding tert-OH is 1. The molecule has 1 atom stereocenters. The van der Waals surface area contributed by atoms with Crippen LogP contribution < -0.4 is 4.74 Å². The lowest BCUT2D eigenvalue weighted by atomic mass is 9.92. The SMILES string of the molecule is CCC(CO)N1CCN(C(=O)C2(c3ccc(C)c(OC)c3)CC2)CC1. The molecule has 1 aliphatic heterocycles. The maximum absolute atomic E-state index is 13.2. The zero-order chi connectivity index (χ0) is 18.0. The summed E-state index contributed by atoms with van der Waals surface area (Å²) in [5.74, 6) is 1.12. The number of carbonyl (C=O) groups is 1. The highest BCUT2D eigenvalue weighted by atomic mass is 16.5. The molecule has 1 amide bonds. The second-order valence-electron chi connectivity index (χ2n) is 7.34. The summed E-state index contributed by atoms with van der Waals surface area (Å²) >= 11 is 0. The number of ether oxygens (including phenoxy) is 1. The van der Waals surface area contributed by atoms with Gasteiger partial charge in [-0.1, -0.05) is 19.1 Å². The highest BCUT2D eigenvalue weighted by molar-refractivity contribution is 5.91. The van der Waals surface area contributed by atoms with Gasteiger partial charge in [0, 0.05) is 32.2 Å². The van der Waals surface area contributed by atoms with Crippen molar-refractivity contribution in [3.63, 3.8) is 0 Å². The first-order chi connectivity index (χ1) is 12.1. The third-order valence-electron chi connectivity index (χ3n) is 5.92. The summed E-state index contributed by atoms with van der Waals surface area (Å²) in [6.07, 6.45) is 2.79. The van der Waals surface area contributed by atoms with Gasteiger partial charge in [0.1, 0.15) is 5.75 Å². The van der Waals surface area contributed by atoms with Gasteiger partial charge in [0.25, 0.3) is 0 Å². The molecule has 0 spiro atoms. The second-order valence-corrected chi connectivity index (χ2v) is 7.34. The zero-order valence-electron chi connectivity index (χ0n) is 15.6. The lowest BCUT2D eigenvalue weighted by Gasteiger charge is -2.39. The molecule has 138 valence electrons. The van der Waals surface area contributed by atoms with Crippen molar-refractivity contribution in [3.8, 4) is 5.75 Å². The number of methoxy groups -OCH3 is 1. The van der Waals surface area contributed by atoms with Crippen LogP contribution in [0.5, 0.6) is 5.75 Å². The van der Waals surface area contributed by atoms with Crippen LogP contribution in [0.2, 0.25) is 0 Å². The third-order valence-corrected chi connectivity index (χ3v) is 5.92. The fourth-order valence-corrected chi connectivity index (χ4v) is 3.96. The minimum Gasteiger partial charge on any atom is -0.496 e. The third kappa shape index (κ3) is 3.40. The minimum absolute atomic E-state index is 0.192. The predicted molar refractivity (Wildman–Crippen MR) is 98.0 cm³/mol. The topological polar surface area (TPSA) is 53.0 Å². The van der Waals surface area contributed by atoms with Crippen molar-refractivity contribution in [2.24, 2.45) is 0 Å². The maximum atomic E-state index is 13.2. The van der Waals surface area contributed by atoms with E-state index in [2.05, 4.69) is 17.9 Å². The van der Waals surface area contributed by atoms with Gasteiger partial charge in [0.15, 0.2) is 0 Å². The van der Waals surface area contributed by atoms with Crippen molar-refractivity contribution in [2.45, 2.75) is 44.6 Å². The summed E-state index contributed by atoms with van der Waals surface area (Å²) in [5.41, 5.74) is 1.84. The molecule has 2 aliphatic rings. The molecular weight excluding hydrogens is 316 g/mol. The molecule has 1 aromatic rings. The molecule has 1 aromatic carbocycles. The van der Waals surface area contributed by atoms with E-state index in [1.54, 1.807) is 7.11 Å². The quantitative estimate of drug-likeness (QED) is 0.855. The summed E-state index contributed by atoms with van der Waals surface area (Å²) in [4.78, 5) is 17.5. The Bertz CT molecular complexity index is 615. The molecule has 1 saturated carbocycles. The Morgan fingerprint density at radius 1 is 1.28 bits per heavy atom. The highest BCUT2D eigenvalue weighted by Crippen LogP contribution is 2.50. The molecule has 5 nitrogen and oxygen atoms in total. The van der Waals surface area contributed by atoms with Crippen LogP contribution in [0.15, 0.2) is 18.2 Å². The van der Waals surface area contributed by atoms with Gasteiger partial charge in [-0.2, -0.15) is 0 Å². The van der Waals surface area contributed by atoms with E-state index in [0.29, 0.717) is 0 Å². The average Bonchev–Trinajstić information content (AvgIpc) is 3.45. The van der Waals surface area contributed by atoms with Gasteiger partial charge in [-0.05, 0) is 43.4 Å². The van der Waals surface area contributed by atoms with E-state index < -0.39 is 0 Å². The molecule has 0 bridgehead atoms. The number of nitrogens with zero attached hydrogens (tertiary/aromatic N) is 2. The van der Waals surface area contributed by atoms with Crippen molar-refractivity contribution in [2.75, 3.05) is 39.9 Å². The van der Waals surface area contributed by atoms with E-state index in [0.717, 1.165) is 62.3 Å². The molecule has 3 rings (SSSR count). The van der Waals surface area contributed by atoms with Crippen LogP contribution in [0.4, 0.5) is 0 Å². The molecule has 1 saturated heterocycles. The van der Waals surface area contributed by atoms with E-state index in [4.69, 9.17) is 4.74 Å². The Balaban J connectivity index is 1.69. The molecule has 1 heterocycles. The largest absolute Gasteiger partial charge is 0.496 e. The van der Waals surface area contributed by atoms with Crippen LogP contribution in [0.1, 0.15) is 37.3 Å². The standard InChI is InChI=1S/C20H30N2O3/c1-4-17(14-23)21-9-11-22(12-10-21)19(24)20(7-8-20)16-6-5-15(2)18(13-16)25-3/h5-6,13,17,23H,4,7-12,14H2,1-3H3. The van der Waals surface area contributed by atoms with E-state index in [-0.39, 0.29) is 24.0 Å². The number of benzene rings is 1. The van der Waals surface area contributed by atoms with Gasteiger partial charge >= 0.3 is 0 Å². The van der Waals surface area contributed by atoms with Crippen molar-refractivity contribution < 1.29 is 14.6 Å². The summed E-state index contributed by atoms with van der Waals surface area (Å²) < 4.78 is 5.44. The lowest BCUT2D eigenvalue weighted by molar-refractivity contribution is -0.136. The Morgan fingerprint density at radius 3 is 2.48 bits per heavy atom. The number of aryl methyl sites for hydroxylation is 1. The van der Waals surface area contributed by atoms with E-state index >= 15 is 0 Å². The van der Waals surface area contributed by atoms with Crippen molar-refractivity contribution >= 4 is 5.91 Å². The lowest BCUT2D eigenvalue weighted by Crippen LogP contribution is -2.54. The highest BCUT2D eigenvalue weighted by Gasteiger charge is 2.53. The Kier molecular flexibility index (Phi) is 5.35. The van der Waals surface area contributed by atoms with Gasteiger partial charge in [-0.3, -0.25) is 9.69 Å². The average molecular weight is 346 g/mol. The van der Waals surface area contributed by atoms with Crippen molar-refractivity contribution in [3.05, 3.63) is 29.3 Å². The van der Waals surface area contributed by atoms with E-state index in [9.17, 15) is 9.90 Å². The molecule has 1 aliphatic carbocycles. The molecule has 25 heavy (non-hydrogen) atoms. The predicted octanol–water partition coefficient (Wildman–Crippen LogP) is 1.95. The number of carbonyl (C=O) groups excluding carboxylic acids is 1. The molecule has 1 unspecified atom stereocenters. The van der Waals surface area contributed by atoms with Crippen LogP contribution in [0.3, 0.4) is 0 Å². The Morgan fingerprint density at radius 2 is 1.96 bits per heavy atom. The zero-order valence-corrected chi connectivity index (χ0v) is 15.6. The number of hydrogen-bond acceptors (Lipinski definition) is 4. The number of amides is 1. The maximum Gasteiger partial charge on any atom is 0.233 e. The van der Waals surface area contributed by atoms with Gasteiger partial charge in [0.05, 0.1) is 19.1 Å². The molecule has 0 radical (unpaired) electrons. The number of hydrogen-bond donors (Lipinski definition) is 1. The van der Waals surface area contributed by atoms with E-state index in [1.165, 1.54) is 0 Å². The monoisotopic (exact) mass is 346 g/mol. The number of aliphatic hydroxyl groups is 1. The van der Waals surface area contributed by atoms with Gasteiger partial charge in [-0.25, -0.2) is 0 Å². The van der Waals surface area contributed by atoms with Crippen LogP contribution in [0, 0.1) is 6.92 Å². The first-order valence-corrected chi connectivity index (χ1v) is 9.35. The van der Waals surface area contributed by atoms with E-state index in [1.807, 2.05) is 24.0 Å². The molecule has 0 aromatic heterocycles. The summed E-state index contributed by atoms with van der Waals surface area (Å²) in [5, 5.41) is 9.48. The Labute approximate surface area is 150 Å². The Hall–Kier alpha value is -1.59. The molecule has 5 heteroatoms. The van der Waals surface area contributed by atoms with Crippen LogP contribution in [0.25, 0.3) is 0 Å². The second kappa shape index (κ2) is 7.34. The molecular formula is C20H30N2O3. The first kappa shape index (κ1) is 18.2. The van der Waals surface area contributed by atoms with Gasteiger partial charge in [-0.15, -0.1) is 0 Å². The normalized spacial score (nSPS) is 21.0. The van der Waals surface area contributed by atoms with Crippen LogP contribution in [-0.2, 0) is 10.2 Å². The summed E-state index contributed by atoms with van der Waals surface area (Å²) in [6, 6.07) is 6.38. The number of piperazine rings is 1. The van der Waals surface area contributed by atoms with Gasteiger partial charge < -0.3 is 14.7 Å².